The number of nitrogens with one attached hydrogen (secondary N) is 1. The van der Waals surface area contributed by atoms with Crippen LogP contribution in [0.4, 0.5) is 11.5 Å². The highest BCUT2D eigenvalue weighted by atomic mass is 35.5. The number of rotatable bonds is 7. The zero-order valence-corrected chi connectivity index (χ0v) is 20.9. The first-order valence-electron chi connectivity index (χ1n) is 12.5. The topological polar surface area (TPSA) is 120 Å². The third kappa shape index (κ3) is 4.16. The lowest BCUT2D eigenvalue weighted by Gasteiger charge is -2.06. The van der Waals surface area contributed by atoms with Gasteiger partial charge in [-0.3, -0.25) is 19.6 Å². The molecule has 7 rings (SSSR count). The van der Waals surface area contributed by atoms with Gasteiger partial charge in [0.15, 0.2) is 0 Å². The molecule has 2 aliphatic rings. The summed E-state index contributed by atoms with van der Waals surface area (Å²) in [7, 11) is 0. The van der Waals surface area contributed by atoms with Crippen LogP contribution in [0.15, 0.2) is 61.2 Å². The van der Waals surface area contributed by atoms with Crippen LogP contribution >= 0.6 is 11.6 Å². The second kappa shape index (κ2) is 8.63. The third-order valence-electron chi connectivity index (χ3n) is 7.33. The van der Waals surface area contributed by atoms with E-state index in [4.69, 9.17) is 16.6 Å². The molecule has 2 aliphatic carbocycles. The molecule has 1 N–H and O–H groups in total. The van der Waals surface area contributed by atoms with Crippen molar-refractivity contribution < 1.29 is 9.72 Å². The van der Waals surface area contributed by atoms with E-state index >= 15 is 0 Å². The number of benzene rings is 1. The van der Waals surface area contributed by atoms with Crippen LogP contribution in [0.3, 0.4) is 0 Å². The Bertz CT molecular complexity index is 1760. The Morgan fingerprint density at radius 1 is 1.16 bits per heavy atom. The van der Waals surface area contributed by atoms with Crippen molar-refractivity contribution in [3.8, 4) is 0 Å². The van der Waals surface area contributed by atoms with Crippen LogP contribution in [0.2, 0.25) is 5.02 Å². The lowest BCUT2D eigenvalue weighted by atomic mass is 10.1. The summed E-state index contributed by atoms with van der Waals surface area (Å²) in [4.78, 5) is 33.1. The quantitative estimate of drug-likeness (QED) is 0.226. The number of hydrogen-bond donors (Lipinski definition) is 1. The molecule has 190 valence electrons. The number of aromatic nitrogens is 5. The molecule has 0 spiro atoms. The molecule has 4 heterocycles. The summed E-state index contributed by atoms with van der Waals surface area (Å²) in [5.74, 6) is 0.205. The van der Waals surface area contributed by atoms with Crippen LogP contribution in [0.25, 0.3) is 16.6 Å². The molecule has 0 bridgehead atoms. The fourth-order valence-corrected chi connectivity index (χ4v) is 5.34. The number of amides is 1. The Balaban J connectivity index is 1.09. The standard InChI is InChI=1S/C27H22ClN7O3/c28-17-4-5-24(35(37)38)20(9-17)19-10-21(19)27(36)31-26-22-14-34(32-23(22)7-8-29-26)13-18-12-33-11-16(15-1-2-15)3-6-25(33)30-18/h3-9,11-12,14-15,19,21H,1-2,10,13H2,(H,29,31,36). The molecule has 0 radical (unpaired) electrons. The van der Waals surface area contributed by atoms with Crippen molar-refractivity contribution in [2.24, 2.45) is 5.92 Å². The van der Waals surface area contributed by atoms with E-state index < -0.39 is 10.8 Å². The summed E-state index contributed by atoms with van der Waals surface area (Å²) in [5, 5.41) is 20.1. The van der Waals surface area contributed by atoms with Gasteiger partial charge in [0.05, 0.1) is 28.1 Å². The van der Waals surface area contributed by atoms with Crippen LogP contribution in [0, 0.1) is 16.0 Å². The molecule has 1 amide bonds. The van der Waals surface area contributed by atoms with Crippen LogP contribution in [0.5, 0.6) is 0 Å². The highest BCUT2D eigenvalue weighted by Crippen LogP contribution is 2.51. The number of carbonyl (C=O) groups excluding carboxylic acids is 1. The molecule has 2 fully saturated rings. The maximum atomic E-state index is 13.1. The smallest absolute Gasteiger partial charge is 0.272 e. The van der Waals surface area contributed by atoms with Gasteiger partial charge in [0.1, 0.15) is 11.5 Å². The second-order valence-electron chi connectivity index (χ2n) is 10.1. The number of nitro groups is 1. The van der Waals surface area contributed by atoms with Crippen LogP contribution in [0.1, 0.15) is 47.9 Å². The average Bonchev–Trinajstić information content (AvgIpc) is 3.81. The lowest BCUT2D eigenvalue weighted by Crippen LogP contribution is -2.15. The molecule has 38 heavy (non-hydrogen) atoms. The molecule has 10 nitrogen and oxygen atoms in total. The summed E-state index contributed by atoms with van der Waals surface area (Å²) in [6.45, 7) is 0.478. The zero-order chi connectivity index (χ0) is 26.0. The normalized spacial score (nSPS) is 18.7. The number of imidazole rings is 1. The van der Waals surface area contributed by atoms with Crippen molar-refractivity contribution in [1.82, 2.24) is 24.1 Å². The highest BCUT2D eigenvalue weighted by molar-refractivity contribution is 6.30. The molecule has 0 aliphatic heterocycles. The van der Waals surface area contributed by atoms with E-state index in [2.05, 4.69) is 38.1 Å². The Kier molecular flexibility index (Phi) is 5.19. The first-order chi connectivity index (χ1) is 18.4. The number of anilines is 1. The molecule has 11 heteroatoms. The minimum absolute atomic E-state index is 0.0214. The maximum absolute atomic E-state index is 13.1. The van der Waals surface area contributed by atoms with Crippen LogP contribution in [-0.2, 0) is 11.3 Å². The number of halogens is 1. The van der Waals surface area contributed by atoms with E-state index in [0.29, 0.717) is 46.2 Å². The minimum atomic E-state index is -0.440. The van der Waals surface area contributed by atoms with E-state index in [-0.39, 0.29) is 17.5 Å². The molecule has 4 aromatic heterocycles. The molecule has 0 saturated heterocycles. The number of carbonyl (C=O) groups is 1. The van der Waals surface area contributed by atoms with Crippen molar-refractivity contribution in [3.05, 3.63) is 93.1 Å². The van der Waals surface area contributed by atoms with Gasteiger partial charge in [0.2, 0.25) is 5.91 Å². The van der Waals surface area contributed by atoms with Gasteiger partial charge in [0, 0.05) is 53.3 Å². The maximum Gasteiger partial charge on any atom is 0.272 e. The number of nitrogens with zero attached hydrogens (tertiary/aromatic N) is 6. The van der Waals surface area contributed by atoms with Gasteiger partial charge < -0.3 is 9.72 Å². The average molecular weight is 528 g/mol. The highest BCUT2D eigenvalue weighted by Gasteiger charge is 2.47. The Hall–Kier alpha value is -4.31. The number of pyridine rings is 2. The second-order valence-corrected chi connectivity index (χ2v) is 10.5. The summed E-state index contributed by atoms with van der Waals surface area (Å²) in [6, 6.07) is 10.4. The van der Waals surface area contributed by atoms with E-state index in [0.717, 1.165) is 11.3 Å². The van der Waals surface area contributed by atoms with Crippen molar-refractivity contribution in [2.75, 3.05) is 5.32 Å². The SMILES string of the molecule is O=C(Nc1nccc2nn(Cc3cn4cc(C5CC5)ccc4n3)cc12)C1CC1c1cc(Cl)ccc1[N+](=O)[O-]. The first kappa shape index (κ1) is 22.9. The molecule has 2 atom stereocenters. The van der Waals surface area contributed by atoms with Gasteiger partial charge in [-0.1, -0.05) is 17.7 Å². The molecular formula is C27H22ClN7O3. The van der Waals surface area contributed by atoms with E-state index in [1.54, 1.807) is 23.0 Å². The van der Waals surface area contributed by atoms with Crippen molar-refractivity contribution in [3.63, 3.8) is 0 Å². The monoisotopic (exact) mass is 527 g/mol. The summed E-state index contributed by atoms with van der Waals surface area (Å²) in [5.41, 5.74) is 4.29. The fraction of sp³-hybridized carbons (Fsp3) is 0.259. The predicted octanol–water partition coefficient (Wildman–Crippen LogP) is 5.31. The summed E-state index contributed by atoms with van der Waals surface area (Å²) in [6.07, 6.45) is 10.7. The van der Waals surface area contributed by atoms with Crippen molar-refractivity contribution >= 4 is 45.6 Å². The third-order valence-corrected chi connectivity index (χ3v) is 7.57. The summed E-state index contributed by atoms with van der Waals surface area (Å²) >= 11 is 6.07. The fourth-order valence-electron chi connectivity index (χ4n) is 5.16. The molecule has 2 unspecified atom stereocenters. The van der Waals surface area contributed by atoms with Gasteiger partial charge in [-0.15, -0.1) is 0 Å². The van der Waals surface area contributed by atoms with Gasteiger partial charge in [0.25, 0.3) is 5.69 Å². The molecular weight excluding hydrogens is 506 g/mol. The Morgan fingerprint density at radius 3 is 2.84 bits per heavy atom. The van der Waals surface area contributed by atoms with E-state index in [1.165, 1.54) is 30.5 Å². The number of hydrogen-bond acceptors (Lipinski definition) is 6. The predicted molar refractivity (Wildman–Crippen MR) is 141 cm³/mol. The molecule has 2 saturated carbocycles. The van der Waals surface area contributed by atoms with E-state index in [1.807, 2.05) is 12.4 Å². The van der Waals surface area contributed by atoms with Gasteiger partial charge in [-0.25, -0.2) is 9.97 Å². The van der Waals surface area contributed by atoms with Crippen LogP contribution in [-0.4, -0.2) is 35.0 Å². The van der Waals surface area contributed by atoms with E-state index in [9.17, 15) is 14.9 Å². The Labute approximate surface area is 221 Å². The zero-order valence-electron chi connectivity index (χ0n) is 20.1. The largest absolute Gasteiger partial charge is 0.310 e. The minimum Gasteiger partial charge on any atom is -0.310 e. The van der Waals surface area contributed by atoms with Gasteiger partial charge in [-0.05, 0) is 55.0 Å². The first-order valence-corrected chi connectivity index (χ1v) is 12.8. The van der Waals surface area contributed by atoms with Crippen molar-refractivity contribution in [2.45, 2.75) is 37.6 Å². The lowest BCUT2D eigenvalue weighted by molar-refractivity contribution is -0.385. The molecule has 1 aromatic carbocycles. The number of nitro benzene ring substituents is 1. The Morgan fingerprint density at radius 2 is 2.03 bits per heavy atom. The molecule has 5 aromatic rings. The van der Waals surface area contributed by atoms with Crippen LogP contribution < -0.4 is 5.32 Å². The number of fused-ring (bicyclic) bond motifs is 2. The van der Waals surface area contributed by atoms with Gasteiger partial charge in [-0.2, -0.15) is 5.10 Å². The van der Waals surface area contributed by atoms with Gasteiger partial charge >= 0.3 is 0 Å². The van der Waals surface area contributed by atoms with Crippen molar-refractivity contribution in [1.29, 1.82) is 0 Å². The summed E-state index contributed by atoms with van der Waals surface area (Å²) < 4.78 is 3.86.